The predicted octanol–water partition coefficient (Wildman–Crippen LogP) is 1.84. The van der Waals surface area contributed by atoms with Crippen LogP contribution >= 0.6 is 0 Å². The summed E-state index contributed by atoms with van der Waals surface area (Å²) in [6, 6.07) is 6.71. The zero-order chi connectivity index (χ0) is 17.6. The van der Waals surface area contributed by atoms with Crippen molar-refractivity contribution in [1.29, 1.82) is 0 Å². The van der Waals surface area contributed by atoms with E-state index in [2.05, 4.69) is 20.4 Å². The first kappa shape index (κ1) is 17.5. The number of amides is 1. The average Bonchev–Trinajstić information content (AvgIpc) is 3.27. The first-order chi connectivity index (χ1) is 12.1. The number of carbonyl (C=O) groups excluding carboxylic acids is 1. The molecule has 6 nitrogen and oxygen atoms in total. The van der Waals surface area contributed by atoms with Crippen LogP contribution in [0.4, 0.5) is 4.39 Å². The van der Waals surface area contributed by atoms with Gasteiger partial charge in [-0.2, -0.15) is 0 Å². The van der Waals surface area contributed by atoms with Crippen LogP contribution in [0.3, 0.4) is 0 Å². The second-order valence-electron chi connectivity index (χ2n) is 6.44. The summed E-state index contributed by atoms with van der Waals surface area (Å²) < 4.78 is 16.0. The molecule has 0 radical (unpaired) electrons. The normalized spacial score (nSPS) is 16.1. The molecule has 0 saturated carbocycles. The van der Waals surface area contributed by atoms with Crippen LogP contribution in [0.15, 0.2) is 30.6 Å². The Morgan fingerprint density at radius 2 is 2.08 bits per heavy atom. The molecule has 0 spiro atoms. The minimum atomic E-state index is -0.215. The highest BCUT2D eigenvalue weighted by Gasteiger charge is 2.25. The molecular formula is C18H24FN5O. The van der Waals surface area contributed by atoms with E-state index in [-0.39, 0.29) is 17.8 Å². The van der Waals surface area contributed by atoms with Crippen molar-refractivity contribution in [1.82, 2.24) is 25.0 Å². The van der Waals surface area contributed by atoms with Gasteiger partial charge in [0.05, 0.1) is 6.04 Å². The van der Waals surface area contributed by atoms with Gasteiger partial charge in [-0.05, 0) is 32.0 Å². The molecule has 1 aromatic heterocycles. The fourth-order valence-corrected chi connectivity index (χ4v) is 3.29. The molecular weight excluding hydrogens is 321 g/mol. The minimum absolute atomic E-state index is 0.0523. The zero-order valence-electron chi connectivity index (χ0n) is 14.5. The number of benzene rings is 1. The summed E-state index contributed by atoms with van der Waals surface area (Å²) in [6.45, 7) is 2.29. The summed E-state index contributed by atoms with van der Waals surface area (Å²) >= 11 is 0. The van der Waals surface area contributed by atoms with Gasteiger partial charge >= 0.3 is 0 Å². The molecule has 1 aliphatic heterocycles. The van der Waals surface area contributed by atoms with Crippen LogP contribution in [0.1, 0.15) is 36.7 Å². The van der Waals surface area contributed by atoms with Crippen molar-refractivity contribution in [3.63, 3.8) is 0 Å². The number of carbonyl (C=O) groups is 1. The fraction of sp³-hybridized carbons (Fsp3) is 0.500. The van der Waals surface area contributed by atoms with E-state index in [0.717, 1.165) is 31.8 Å². The van der Waals surface area contributed by atoms with Gasteiger partial charge < -0.3 is 9.88 Å². The summed E-state index contributed by atoms with van der Waals surface area (Å²) in [7, 11) is 1.86. The first-order valence-corrected chi connectivity index (χ1v) is 8.73. The van der Waals surface area contributed by atoms with Crippen LogP contribution in [0.2, 0.25) is 0 Å². The van der Waals surface area contributed by atoms with E-state index in [1.807, 2.05) is 19.2 Å². The summed E-state index contributed by atoms with van der Waals surface area (Å²) in [5, 5.41) is 10.8. The summed E-state index contributed by atoms with van der Waals surface area (Å²) in [4.78, 5) is 14.5. The van der Waals surface area contributed by atoms with Gasteiger partial charge in [0, 0.05) is 32.0 Å². The molecule has 1 N–H and O–H groups in total. The molecule has 0 aliphatic carbocycles. The van der Waals surface area contributed by atoms with Gasteiger partial charge in [0.1, 0.15) is 18.0 Å². The third-order valence-electron chi connectivity index (χ3n) is 4.72. The Labute approximate surface area is 147 Å². The Morgan fingerprint density at radius 1 is 1.32 bits per heavy atom. The minimum Gasteiger partial charge on any atom is -0.354 e. The largest absolute Gasteiger partial charge is 0.354 e. The molecule has 1 saturated heterocycles. The van der Waals surface area contributed by atoms with E-state index in [9.17, 15) is 9.18 Å². The standard InChI is InChI=1S/C18H24FN5O/c1-23-13-21-22-17(23)8-9-18(25)20-12-16(24-10-4-5-11-24)14-6-2-3-7-15(14)19/h2-3,6-7,13,16H,4-5,8-12H2,1H3,(H,20,25)/t16-/m1/s1. The molecule has 7 heteroatoms. The third kappa shape index (κ3) is 4.42. The molecule has 3 rings (SSSR count). The zero-order valence-corrected chi connectivity index (χ0v) is 14.5. The number of nitrogens with one attached hydrogen (secondary N) is 1. The Kier molecular flexibility index (Phi) is 5.75. The number of halogens is 1. The smallest absolute Gasteiger partial charge is 0.220 e. The third-order valence-corrected chi connectivity index (χ3v) is 4.72. The topological polar surface area (TPSA) is 63.1 Å². The van der Waals surface area contributed by atoms with Crippen LogP contribution in [-0.2, 0) is 18.3 Å². The van der Waals surface area contributed by atoms with E-state index in [1.165, 1.54) is 6.07 Å². The molecule has 1 atom stereocenters. The van der Waals surface area contributed by atoms with Crippen molar-refractivity contribution < 1.29 is 9.18 Å². The fourth-order valence-electron chi connectivity index (χ4n) is 3.29. The number of hydrogen-bond donors (Lipinski definition) is 1. The predicted molar refractivity (Wildman–Crippen MR) is 92.3 cm³/mol. The van der Waals surface area contributed by atoms with E-state index >= 15 is 0 Å². The molecule has 1 fully saturated rings. The molecule has 134 valence electrons. The van der Waals surface area contributed by atoms with Crippen molar-refractivity contribution in [3.05, 3.63) is 47.8 Å². The van der Waals surface area contributed by atoms with Gasteiger partial charge in [0.2, 0.25) is 5.91 Å². The lowest BCUT2D eigenvalue weighted by molar-refractivity contribution is -0.121. The maximum absolute atomic E-state index is 14.2. The molecule has 25 heavy (non-hydrogen) atoms. The maximum Gasteiger partial charge on any atom is 0.220 e. The second-order valence-corrected chi connectivity index (χ2v) is 6.44. The van der Waals surface area contributed by atoms with Crippen LogP contribution in [0.25, 0.3) is 0 Å². The number of aromatic nitrogens is 3. The van der Waals surface area contributed by atoms with Crippen LogP contribution in [-0.4, -0.2) is 45.2 Å². The van der Waals surface area contributed by atoms with Crippen molar-refractivity contribution in [2.45, 2.75) is 31.7 Å². The summed E-state index contributed by atoms with van der Waals surface area (Å²) in [5.74, 6) is 0.511. The number of likely N-dealkylation sites (tertiary alicyclic amines) is 1. The van der Waals surface area contributed by atoms with E-state index < -0.39 is 0 Å². The Balaban J connectivity index is 1.59. The van der Waals surface area contributed by atoms with Gasteiger partial charge in [-0.15, -0.1) is 10.2 Å². The van der Waals surface area contributed by atoms with Gasteiger partial charge in [0.25, 0.3) is 0 Å². The lowest BCUT2D eigenvalue weighted by Gasteiger charge is -2.28. The highest BCUT2D eigenvalue weighted by Crippen LogP contribution is 2.26. The SMILES string of the molecule is Cn1cnnc1CCC(=O)NC[C@H](c1ccccc1F)N1CCCC1. The van der Waals surface area contributed by atoms with Crippen molar-refractivity contribution in [2.24, 2.45) is 7.05 Å². The highest BCUT2D eigenvalue weighted by atomic mass is 19.1. The molecule has 2 aromatic rings. The number of hydrogen-bond acceptors (Lipinski definition) is 4. The van der Waals surface area contributed by atoms with Crippen LogP contribution < -0.4 is 5.32 Å². The van der Waals surface area contributed by atoms with Gasteiger partial charge in [-0.3, -0.25) is 9.69 Å². The lowest BCUT2D eigenvalue weighted by Crippen LogP contribution is -2.37. The van der Waals surface area contributed by atoms with Crippen molar-refractivity contribution in [2.75, 3.05) is 19.6 Å². The maximum atomic E-state index is 14.2. The second kappa shape index (κ2) is 8.20. The number of aryl methyl sites for hydroxylation is 2. The number of nitrogens with zero attached hydrogens (tertiary/aromatic N) is 4. The van der Waals surface area contributed by atoms with Gasteiger partial charge in [-0.1, -0.05) is 18.2 Å². The quantitative estimate of drug-likeness (QED) is 0.832. The molecule has 0 unspecified atom stereocenters. The monoisotopic (exact) mass is 345 g/mol. The van der Waals surface area contributed by atoms with Crippen molar-refractivity contribution in [3.8, 4) is 0 Å². The summed E-state index contributed by atoms with van der Waals surface area (Å²) in [6.07, 6.45) is 4.73. The first-order valence-electron chi connectivity index (χ1n) is 8.73. The molecule has 1 aliphatic rings. The van der Waals surface area contributed by atoms with Crippen LogP contribution in [0.5, 0.6) is 0 Å². The number of rotatable bonds is 7. The Hall–Kier alpha value is -2.28. The van der Waals surface area contributed by atoms with Gasteiger partial charge in [0.15, 0.2) is 0 Å². The molecule has 1 aromatic carbocycles. The lowest BCUT2D eigenvalue weighted by atomic mass is 10.0. The van der Waals surface area contributed by atoms with E-state index in [4.69, 9.17) is 0 Å². The van der Waals surface area contributed by atoms with Crippen molar-refractivity contribution >= 4 is 5.91 Å². The Bertz CT molecular complexity index is 711. The molecule has 1 amide bonds. The average molecular weight is 345 g/mol. The van der Waals surface area contributed by atoms with Crippen LogP contribution in [0, 0.1) is 5.82 Å². The molecule has 2 heterocycles. The van der Waals surface area contributed by atoms with E-state index in [1.54, 1.807) is 17.0 Å². The Morgan fingerprint density at radius 3 is 2.76 bits per heavy atom. The molecule has 0 bridgehead atoms. The van der Waals surface area contributed by atoms with E-state index in [0.29, 0.717) is 24.9 Å². The highest BCUT2D eigenvalue weighted by molar-refractivity contribution is 5.76. The van der Waals surface area contributed by atoms with Gasteiger partial charge in [-0.25, -0.2) is 4.39 Å². The summed E-state index contributed by atoms with van der Waals surface area (Å²) in [5.41, 5.74) is 0.651.